The second-order valence-corrected chi connectivity index (χ2v) is 8.40. The number of ether oxygens (including phenoxy) is 1. The number of halogens is 1. The molecule has 0 unspecified atom stereocenters. The molecule has 1 saturated heterocycles. The molecule has 0 saturated carbocycles. The van der Waals surface area contributed by atoms with Crippen molar-refractivity contribution in [2.24, 2.45) is 5.92 Å². The number of aromatic nitrogens is 1. The lowest BCUT2D eigenvalue weighted by atomic mass is 10.0. The van der Waals surface area contributed by atoms with E-state index in [9.17, 15) is 4.79 Å². The van der Waals surface area contributed by atoms with E-state index in [1.807, 2.05) is 37.3 Å². The van der Waals surface area contributed by atoms with E-state index >= 15 is 0 Å². The maximum atomic E-state index is 12.4. The van der Waals surface area contributed by atoms with Gasteiger partial charge in [-0.1, -0.05) is 36.7 Å². The van der Waals surface area contributed by atoms with Gasteiger partial charge in [-0.25, -0.2) is 4.98 Å². The molecule has 0 aliphatic carbocycles. The fourth-order valence-electron chi connectivity index (χ4n) is 3.81. The number of hydrogen-bond acceptors (Lipinski definition) is 4. The summed E-state index contributed by atoms with van der Waals surface area (Å²) in [5.74, 6) is 2.00. The van der Waals surface area contributed by atoms with Gasteiger partial charge in [-0.2, -0.15) is 0 Å². The largest absolute Gasteiger partial charge is 0.481 e. The normalized spacial score (nSPS) is 16.5. The Morgan fingerprint density at radius 1 is 1.27 bits per heavy atom. The molecule has 0 spiro atoms. The number of aryl methyl sites for hydroxylation is 1. The van der Waals surface area contributed by atoms with Crippen LogP contribution in [0.1, 0.15) is 25.3 Å². The molecule has 3 aromatic rings. The van der Waals surface area contributed by atoms with Crippen LogP contribution in [0.3, 0.4) is 0 Å². The van der Waals surface area contributed by atoms with E-state index in [0.717, 1.165) is 35.4 Å². The second-order valence-electron chi connectivity index (χ2n) is 7.99. The molecule has 6 heteroatoms. The molecule has 1 aliphatic heterocycles. The van der Waals surface area contributed by atoms with E-state index in [-0.39, 0.29) is 12.5 Å². The summed E-state index contributed by atoms with van der Waals surface area (Å²) in [7, 11) is 0. The predicted octanol–water partition coefficient (Wildman–Crippen LogP) is 5.45. The van der Waals surface area contributed by atoms with E-state index in [1.165, 1.54) is 12.8 Å². The van der Waals surface area contributed by atoms with Crippen LogP contribution in [0.2, 0.25) is 5.02 Å². The van der Waals surface area contributed by atoms with E-state index < -0.39 is 0 Å². The van der Waals surface area contributed by atoms with Gasteiger partial charge in [-0.15, -0.1) is 0 Å². The fourth-order valence-corrected chi connectivity index (χ4v) is 3.99. The first-order valence-electron chi connectivity index (χ1n) is 10.3. The number of pyridine rings is 1. The average Bonchev–Trinajstić information content (AvgIpc) is 2.74. The Kier molecular flexibility index (Phi) is 6.09. The summed E-state index contributed by atoms with van der Waals surface area (Å²) < 4.78 is 5.84. The number of fused-ring (bicyclic) bond motifs is 1. The smallest absolute Gasteiger partial charge is 0.262 e. The number of amides is 1. The minimum Gasteiger partial charge on any atom is -0.481 e. The second kappa shape index (κ2) is 8.92. The van der Waals surface area contributed by atoms with Gasteiger partial charge in [-0.05, 0) is 61.6 Å². The van der Waals surface area contributed by atoms with Crippen LogP contribution in [0.5, 0.6) is 5.75 Å². The van der Waals surface area contributed by atoms with Crippen molar-refractivity contribution in [2.75, 3.05) is 29.9 Å². The summed E-state index contributed by atoms with van der Waals surface area (Å²) in [5, 5.41) is 4.43. The van der Waals surface area contributed by atoms with Gasteiger partial charge in [0.05, 0.1) is 0 Å². The van der Waals surface area contributed by atoms with E-state index in [4.69, 9.17) is 21.3 Å². The van der Waals surface area contributed by atoms with Crippen LogP contribution < -0.4 is 15.0 Å². The van der Waals surface area contributed by atoms with Crippen molar-refractivity contribution < 1.29 is 9.53 Å². The highest BCUT2D eigenvalue weighted by molar-refractivity contribution is 6.31. The monoisotopic (exact) mass is 423 g/mol. The number of piperidine rings is 1. The molecular weight excluding hydrogens is 398 g/mol. The average molecular weight is 424 g/mol. The molecule has 1 fully saturated rings. The Morgan fingerprint density at radius 3 is 2.93 bits per heavy atom. The standard InChI is InChI=1S/C24H26ClN3O2/c1-16-5-4-12-28(14-16)22-11-9-18-6-3-7-21(24(18)27-22)30-15-23(29)26-19-10-8-17(2)20(25)13-19/h3,6-11,13,16H,4-5,12,14-15H2,1-2H3,(H,26,29)/t16-/m1/s1. The summed E-state index contributed by atoms with van der Waals surface area (Å²) in [6, 6.07) is 15.3. The SMILES string of the molecule is Cc1ccc(NC(=O)COc2cccc3ccc(N4CCC[C@@H](C)C4)nc23)cc1Cl. The van der Waals surface area contributed by atoms with Crippen LogP contribution >= 0.6 is 11.6 Å². The molecule has 0 bridgehead atoms. The van der Waals surface area contributed by atoms with Gasteiger partial charge >= 0.3 is 0 Å². The molecule has 4 rings (SSSR count). The van der Waals surface area contributed by atoms with Crippen LogP contribution in [0.4, 0.5) is 11.5 Å². The number of nitrogens with zero attached hydrogens (tertiary/aromatic N) is 2. The number of hydrogen-bond donors (Lipinski definition) is 1. The molecule has 1 amide bonds. The topological polar surface area (TPSA) is 54.5 Å². The summed E-state index contributed by atoms with van der Waals surface area (Å²) >= 11 is 6.13. The molecule has 0 radical (unpaired) electrons. The molecule has 2 aromatic carbocycles. The minimum absolute atomic E-state index is 0.0999. The highest BCUT2D eigenvalue weighted by atomic mass is 35.5. The fraction of sp³-hybridized carbons (Fsp3) is 0.333. The molecule has 5 nitrogen and oxygen atoms in total. The van der Waals surface area contributed by atoms with Gasteiger partial charge < -0.3 is 15.0 Å². The number of nitrogens with one attached hydrogen (secondary N) is 1. The maximum absolute atomic E-state index is 12.4. The van der Waals surface area contributed by atoms with Crippen molar-refractivity contribution >= 4 is 39.9 Å². The van der Waals surface area contributed by atoms with Crippen LogP contribution in [0.15, 0.2) is 48.5 Å². The first-order chi connectivity index (χ1) is 14.5. The predicted molar refractivity (Wildman–Crippen MR) is 123 cm³/mol. The first-order valence-corrected chi connectivity index (χ1v) is 10.7. The number of benzene rings is 2. The number of anilines is 2. The molecule has 156 valence electrons. The van der Waals surface area contributed by atoms with Crippen LogP contribution in [0.25, 0.3) is 10.9 Å². The third-order valence-electron chi connectivity index (χ3n) is 5.46. The summed E-state index contributed by atoms with van der Waals surface area (Å²) in [6.45, 7) is 6.14. The highest BCUT2D eigenvalue weighted by Crippen LogP contribution is 2.28. The number of carbonyl (C=O) groups excluding carboxylic acids is 1. The number of para-hydroxylation sites is 1. The lowest BCUT2D eigenvalue weighted by molar-refractivity contribution is -0.118. The van der Waals surface area contributed by atoms with E-state index in [1.54, 1.807) is 6.07 Å². The molecular formula is C24H26ClN3O2. The zero-order valence-corrected chi connectivity index (χ0v) is 18.1. The van der Waals surface area contributed by atoms with Crippen molar-refractivity contribution in [1.82, 2.24) is 4.98 Å². The van der Waals surface area contributed by atoms with Crippen LogP contribution in [0, 0.1) is 12.8 Å². The van der Waals surface area contributed by atoms with Crippen LogP contribution in [-0.2, 0) is 4.79 Å². The van der Waals surface area contributed by atoms with Crippen molar-refractivity contribution in [3.05, 3.63) is 59.1 Å². The molecule has 2 heterocycles. The Balaban J connectivity index is 1.48. The number of rotatable bonds is 5. The zero-order chi connectivity index (χ0) is 21.1. The van der Waals surface area contributed by atoms with Gasteiger partial charge in [0.15, 0.2) is 6.61 Å². The van der Waals surface area contributed by atoms with E-state index in [2.05, 4.69) is 29.3 Å². The van der Waals surface area contributed by atoms with Gasteiger partial charge in [0.25, 0.3) is 5.91 Å². The van der Waals surface area contributed by atoms with Gasteiger partial charge in [-0.3, -0.25) is 4.79 Å². The first kappa shape index (κ1) is 20.5. The van der Waals surface area contributed by atoms with E-state index in [0.29, 0.717) is 22.4 Å². The lowest BCUT2D eigenvalue weighted by Crippen LogP contribution is -2.34. The Labute approximate surface area is 182 Å². The summed E-state index contributed by atoms with van der Waals surface area (Å²) in [4.78, 5) is 19.6. The third kappa shape index (κ3) is 4.68. The third-order valence-corrected chi connectivity index (χ3v) is 5.87. The number of carbonyl (C=O) groups is 1. The summed E-state index contributed by atoms with van der Waals surface area (Å²) in [6.07, 6.45) is 2.45. The molecule has 1 aromatic heterocycles. The van der Waals surface area contributed by atoms with Crippen molar-refractivity contribution in [1.29, 1.82) is 0 Å². The van der Waals surface area contributed by atoms with Gasteiger partial charge in [0.1, 0.15) is 17.1 Å². The van der Waals surface area contributed by atoms with Gasteiger partial charge in [0, 0.05) is 29.2 Å². The van der Waals surface area contributed by atoms with Crippen molar-refractivity contribution in [2.45, 2.75) is 26.7 Å². The molecule has 1 N–H and O–H groups in total. The summed E-state index contributed by atoms with van der Waals surface area (Å²) in [5.41, 5.74) is 2.39. The minimum atomic E-state index is -0.243. The van der Waals surface area contributed by atoms with Gasteiger partial charge in [0.2, 0.25) is 0 Å². The van der Waals surface area contributed by atoms with Crippen LogP contribution in [-0.4, -0.2) is 30.6 Å². The molecule has 30 heavy (non-hydrogen) atoms. The molecule has 1 aliphatic rings. The highest BCUT2D eigenvalue weighted by Gasteiger charge is 2.18. The Bertz CT molecular complexity index is 1070. The molecule has 1 atom stereocenters. The maximum Gasteiger partial charge on any atom is 0.262 e. The lowest BCUT2D eigenvalue weighted by Gasteiger charge is -2.32. The quantitative estimate of drug-likeness (QED) is 0.592. The zero-order valence-electron chi connectivity index (χ0n) is 17.3. The van der Waals surface area contributed by atoms with Crippen molar-refractivity contribution in [3.63, 3.8) is 0 Å². The Morgan fingerprint density at radius 2 is 2.13 bits per heavy atom. The Hall–Kier alpha value is -2.79. The van der Waals surface area contributed by atoms with Crippen molar-refractivity contribution in [3.8, 4) is 5.75 Å².